The molecule has 0 bridgehead atoms. The molecule has 36 heavy (non-hydrogen) atoms. The molecule has 2 amide bonds. The summed E-state index contributed by atoms with van der Waals surface area (Å²) in [7, 11) is 0. The van der Waals surface area contributed by atoms with Gasteiger partial charge in [-0.05, 0) is 54.8 Å². The molecule has 0 fully saturated rings. The first-order chi connectivity index (χ1) is 17.5. The van der Waals surface area contributed by atoms with Crippen LogP contribution in [0.15, 0.2) is 72.9 Å². The third-order valence-electron chi connectivity index (χ3n) is 5.73. The van der Waals surface area contributed by atoms with Crippen molar-refractivity contribution in [2.75, 3.05) is 0 Å². The number of hydrogen-bond acceptors (Lipinski definition) is 4. The van der Waals surface area contributed by atoms with E-state index in [-0.39, 0.29) is 11.1 Å². The number of carbonyl (C=O) groups is 2. The molecule has 4 aromatic rings. The standard InChI is InChI=1S/C30H24N4O2/c1-3-7-22-14-15-25(29(35)33-34-30(36)28-20(2)8-6-10-26(28)18-31)17-23(22)13-12-21-16-24-9-4-5-11-27(24)32-19-21/h4-6,8-11,14-17,19H,3,7H2,1-2H3,(H,33,35)(H,34,36). The van der Waals surface area contributed by atoms with Gasteiger partial charge in [0.15, 0.2) is 0 Å². The molecule has 1 aromatic heterocycles. The van der Waals surface area contributed by atoms with Crippen molar-refractivity contribution in [1.29, 1.82) is 5.26 Å². The number of hydrazine groups is 1. The molecule has 0 aliphatic rings. The maximum atomic E-state index is 12.8. The maximum absolute atomic E-state index is 12.8. The second kappa shape index (κ2) is 11.0. The molecule has 0 radical (unpaired) electrons. The van der Waals surface area contributed by atoms with Crippen LogP contribution in [0.5, 0.6) is 0 Å². The van der Waals surface area contributed by atoms with E-state index in [1.807, 2.05) is 42.5 Å². The Hall–Kier alpha value is -4.94. The van der Waals surface area contributed by atoms with Gasteiger partial charge in [0.05, 0.1) is 22.7 Å². The number of pyridine rings is 1. The number of carbonyl (C=O) groups excluding carboxylic acids is 2. The molecule has 0 aliphatic carbocycles. The van der Waals surface area contributed by atoms with Crippen LogP contribution in [0.1, 0.15) is 61.9 Å². The predicted octanol–water partition coefficient (Wildman–Crippen LogP) is 4.84. The first-order valence-electron chi connectivity index (χ1n) is 11.6. The number of rotatable bonds is 4. The largest absolute Gasteiger partial charge is 0.271 e. The Bertz CT molecular complexity index is 1570. The molecule has 0 aliphatic heterocycles. The van der Waals surface area contributed by atoms with Crippen LogP contribution in [-0.2, 0) is 6.42 Å². The molecule has 6 nitrogen and oxygen atoms in total. The Morgan fingerprint density at radius 1 is 0.917 bits per heavy atom. The summed E-state index contributed by atoms with van der Waals surface area (Å²) in [5.74, 6) is 5.33. The summed E-state index contributed by atoms with van der Waals surface area (Å²) >= 11 is 0. The van der Waals surface area contributed by atoms with Crippen molar-refractivity contribution >= 4 is 22.7 Å². The highest BCUT2D eigenvalue weighted by Gasteiger charge is 2.16. The monoisotopic (exact) mass is 472 g/mol. The lowest BCUT2D eigenvalue weighted by Gasteiger charge is -2.11. The van der Waals surface area contributed by atoms with Crippen molar-refractivity contribution in [2.24, 2.45) is 0 Å². The van der Waals surface area contributed by atoms with Crippen LogP contribution in [0.25, 0.3) is 10.9 Å². The fourth-order valence-electron chi connectivity index (χ4n) is 3.91. The fourth-order valence-corrected chi connectivity index (χ4v) is 3.91. The van der Waals surface area contributed by atoms with Crippen LogP contribution in [-0.4, -0.2) is 16.8 Å². The molecule has 0 saturated heterocycles. The summed E-state index contributed by atoms with van der Waals surface area (Å²) in [6.07, 6.45) is 3.50. The number of aryl methyl sites for hydroxylation is 2. The van der Waals surface area contributed by atoms with Crippen LogP contribution < -0.4 is 10.9 Å². The van der Waals surface area contributed by atoms with Crippen LogP contribution in [0.3, 0.4) is 0 Å². The summed E-state index contributed by atoms with van der Waals surface area (Å²) in [4.78, 5) is 29.9. The minimum absolute atomic E-state index is 0.231. The third-order valence-corrected chi connectivity index (χ3v) is 5.73. The minimum Gasteiger partial charge on any atom is -0.267 e. The molecule has 0 unspecified atom stereocenters. The molecule has 2 N–H and O–H groups in total. The van der Waals surface area contributed by atoms with Gasteiger partial charge in [-0.25, -0.2) is 0 Å². The van der Waals surface area contributed by atoms with Crippen LogP contribution in [0, 0.1) is 30.1 Å². The van der Waals surface area contributed by atoms with E-state index in [0.29, 0.717) is 11.1 Å². The Kier molecular flexibility index (Phi) is 7.39. The van der Waals surface area contributed by atoms with Gasteiger partial charge in [0.1, 0.15) is 0 Å². The van der Waals surface area contributed by atoms with Gasteiger partial charge in [0.2, 0.25) is 0 Å². The maximum Gasteiger partial charge on any atom is 0.271 e. The zero-order valence-corrected chi connectivity index (χ0v) is 20.1. The van der Waals surface area contributed by atoms with Crippen LogP contribution in [0.2, 0.25) is 0 Å². The van der Waals surface area contributed by atoms with Gasteiger partial charge in [-0.3, -0.25) is 25.4 Å². The Labute approximate surface area is 210 Å². The molecule has 3 aromatic carbocycles. The molecule has 176 valence electrons. The van der Waals surface area contributed by atoms with Crippen molar-refractivity contribution in [2.45, 2.75) is 26.7 Å². The molecule has 0 atom stereocenters. The topological polar surface area (TPSA) is 94.9 Å². The molecular weight excluding hydrogens is 448 g/mol. The van der Waals surface area contributed by atoms with Gasteiger partial charge in [0, 0.05) is 28.3 Å². The van der Waals surface area contributed by atoms with E-state index < -0.39 is 11.8 Å². The number of fused-ring (bicyclic) bond motifs is 1. The molecule has 0 spiro atoms. The molecule has 0 saturated carbocycles. The van der Waals surface area contributed by atoms with E-state index in [0.717, 1.165) is 40.4 Å². The average molecular weight is 473 g/mol. The molecule has 1 heterocycles. The van der Waals surface area contributed by atoms with Gasteiger partial charge in [-0.15, -0.1) is 0 Å². The van der Waals surface area contributed by atoms with E-state index in [4.69, 9.17) is 0 Å². The third kappa shape index (κ3) is 5.41. The van der Waals surface area contributed by atoms with Crippen molar-refractivity contribution < 1.29 is 9.59 Å². The van der Waals surface area contributed by atoms with Crippen molar-refractivity contribution in [3.63, 3.8) is 0 Å². The summed E-state index contributed by atoms with van der Waals surface area (Å²) in [5.41, 5.74) is 9.81. The Balaban J connectivity index is 1.55. The van der Waals surface area contributed by atoms with Gasteiger partial charge in [-0.2, -0.15) is 5.26 Å². The van der Waals surface area contributed by atoms with Gasteiger partial charge in [0.25, 0.3) is 11.8 Å². The molecule has 6 heteroatoms. The second-order valence-electron chi connectivity index (χ2n) is 8.31. The first-order valence-corrected chi connectivity index (χ1v) is 11.6. The van der Waals surface area contributed by atoms with E-state index in [9.17, 15) is 14.9 Å². The highest BCUT2D eigenvalue weighted by atomic mass is 16.2. The number of benzene rings is 3. The number of nitrogens with one attached hydrogen (secondary N) is 2. The van der Waals surface area contributed by atoms with E-state index in [2.05, 4.69) is 34.6 Å². The minimum atomic E-state index is -0.551. The summed E-state index contributed by atoms with van der Waals surface area (Å²) < 4.78 is 0. The molecular formula is C30H24N4O2. The normalized spacial score (nSPS) is 10.1. The number of nitriles is 1. The number of aromatic nitrogens is 1. The Morgan fingerprint density at radius 2 is 1.72 bits per heavy atom. The van der Waals surface area contributed by atoms with E-state index >= 15 is 0 Å². The van der Waals surface area contributed by atoms with Gasteiger partial charge in [-0.1, -0.05) is 61.6 Å². The van der Waals surface area contributed by atoms with Gasteiger partial charge < -0.3 is 0 Å². The zero-order chi connectivity index (χ0) is 25.5. The highest BCUT2D eigenvalue weighted by Crippen LogP contribution is 2.16. The van der Waals surface area contributed by atoms with Crippen molar-refractivity contribution in [3.8, 4) is 17.9 Å². The second-order valence-corrected chi connectivity index (χ2v) is 8.31. The van der Waals surface area contributed by atoms with Crippen LogP contribution in [0.4, 0.5) is 0 Å². The smallest absolute Gasteiger partial charge is 0.267 e. The lowest BCUT2D eigenvalue weighted by molar-refractivity contribution is 0.0846. The average Bonchev–Trinajstić information content (AvgIpc) is 2.90. The fraction of sp³-hybridized carbons (Fsp3) is 0.133. The lowest BCUT2D eigenvalue weighted by Crippen LogP contribution is -2.42. The summed E-state index contributed by atoms with van der Waals surface area (Å²) in [6, 6.07) is 22.2. The van der Waals surface area contributed by atoms with Gasteiger partial charge >= 0.3 is 0 Å². The zero-order valence-electron chi connectivity index (χ0n) is 20.1. The lowest BCUT2D eigenvalue weighted by atomic mass is 10.00. The first kappa shape index (κ1) is 24.2. The SMILES string of the molecule is CCCc1ccc(C(=O)NNC(=O)c2c(C)cccc2C#N)cc1C#Cc1cnc2ccccc2c1. The number of hydrogen-bond donors (Lipinski definition) is 2. The molecule has 4 rings (SSSR count). The van der Waals surface area contributed by atoms with Crippen molar-refractivity contribution in [1.82, 2.24) is 15.8 Å². The quantitative estimate of drug-likeness (QED) is 0.328. The van der Waals surface area contributed by atoms with E-state index in [1.54, 1.807) is 43.5 Å². The summed E-state index contributed by atoms with van der Waals surface area (Å²) in [5, 5.41) is 10.3. The highest BCUT2D eigenvalue weighted by molar-refractivity contribution is 6.01. The predicted molar refractivity (Wildman–Crippen MR) is 139 cm³/mol. The van der Waals surface area contributed by atoms with E-state index in [1.165, 1.54) is 0 Å². The summed E-state index contributed by atoms with van der Waals surface area (Å²) in [6.45, 7) is 3.82. The van der Waals surface area contributed by atoms with Crippen molar-refractivity contribution in [3.05, 3.63) is 112 Å². The number of para-hydroxylation sites is 1. The number of nitrogens with zero attached hydrogens (tertiary/aromatic N) is 2. The van der Waals surface area contributed by atoms with Crippen LogP contribution >= 0.6 is 0 Å². The Morgan fingerprint density at radius 3 is 2.53 bits per heavy atom. The number of amides is 2.